The summed E-state index contributed by atoms with van der Waals surface area (Å²) in [4.78, 5) is 12.1. The van der Waals surface area contributed by atoms with Gasteiger partial charge in [-0.15, -0.1) is 0 Å². The van der Waals surface area contributed by atoms with Gasteiger partial charge in [-0.25, -0.2) is 0 Å². The zero-order valence-electron chi connectivity index (χ0n) is 10.9. The van der Waals surface area contributed by atoms with E-state index in [1.807, 2.05) is 0 Å². The Morgan fingerprint density at radius 2 is 2.42 bits per heavy atom. The van der Waals surface area contributed by atoms with Crippen molar-refractivity contribution in [3.05, 3.63) is 28.8 Å². The highest BCUT2D eigenvalue weighted by molar-refractivity contribution is 6.31. The summed E-state index contributed by atoms with van der Waals surface area (Å²) < 4.78 is 10.5. The van der Waals surface area contributed by atoms with Crippen molar-refractivity contribution in [2.45, 2.75) is 12.8 Å². The lowest BCUT2D eigenvalue weighted by Gasteiger charge is -2.11. The van der Waals surface area contributed by atoms with Crippen LogP contribution < -0.4 is 10.1 Å². The first-order valence-electron chi connectivity index (χ1n) is 6.40. The Morgan fingerprint density at radius 3 is 3.11 bits per heavy atom. The molecular formula is C14H18ClNO3. The number of benzene rings is 1. The summed E-state index contributed by atoms with van der Waals surface area (Å²) in [6, 6.07) is 5.02. The molecule has 1 amide bonds. The minimum atomic E-state index is -0.154. The molecule has 0 bridgehead atoms. The Bertz CT molecular complexity index is 444. The number of methoxy groups -OCH3 is 1. The topological polar surface area (TPSA) is 47.6 Å². The molecule has 0 aliphatic carbocycles. The maximum Gasteiger partial charge on any atom is 0.255 e. The van der Waals surface area contributed by atoms with Crippen molar-refractivity contribution in [2.75, 3.05) is 26.9 Å². The van der Waals surface area contributed by atoms with Gasteiger partial charge in [-0.1, -0.05) is 11.6 Å². The van der Waals surface area contributed by atoms with Crippen molar-refractivity contribution in [1.82, 2.24) is 5.32 Å². The fourth-order valence-corrected chi connectivity index (χ4v) is 2.33. The molecule has 0 saturated carbocycles. The molecular weight excluding hydrogens is 266 g/mol. The van der Waals surface area contributed by atoms with E-state index < -0.39 is 0 Å². The van der Waals surface area contributed by atoms with Gasteiger partial charge < -0.3 is 14.8 Å². The standard InChI is InChI=1S/C14H18ClNO3/c1-18-13-3-2-11(15)8-12(13)14(17)16-6-4-10-5-7-19-9-10/h2-3,8,10H,4-7,9H2,1H3,(H,16,17). The van der Waals surface area contributed by atoms with Gasteiger partial charge in [0.2, 0.25) is 0 Å². The number of amides is 1. The summed E-state index contributed by atoms with van der Waals surface area (Å²) in [5.41, 5.74) is 0.470. The highest BCUT2D eigenvalue weighted by Gasteiger charge is 2.17. The van der Waals surface area contributed by atoms with Crippen molar-refractivity contribution in [3.8, 4) is 5.75 Å². The van der Waals surface area contributed by atoms with Gasteiger partial charge in [-0.05, 0) is 37.0 Å². The van der Waals surface area contributed by atoms with E-state index in [0.717, 1.165) is 26.1 Å². The lowest BCUT2D eigenvalue weighted by Crippen LogP contribution is -2.26. The number of ether oxygens (including phenoxy) is 2. The number of carbonyl (C=O) groups excluding carboxylic acids is 1. The average molecular weight is 284 g/mol. The first kappa shape index (κ1) is 14.2. The van der Waals surface area contributed by atoms with Crippen molar-refractivity contribution < 1.29 is 14.3 Å². The van der Waals surface area contributed by atoms with Crippen molar-refractivity contribution in [2.24, 2.45) is 5.92 Å². The third kappa shape index (κ3) is 3.85. The predicted octanol–water partition coefficient (Wildman–Crippen LogP) is 2.51. The molecule has 0 aromatic heterocycles. The number of halogens is 1. The maximum absolute atomic E-state index is 12.1. The van der Waals surface area contributed by atoms with Crippen LogP contribution >= 0.6 is 11.6 Å². The molecule has 1 fully saturated rings. The molecule has 1 unspecified atom stereocenters. The molecule has 0 radical (unpaired) electrons. The van der Waals surface area contributed by atoms with Crippen LogP contribution in [0.5, 0.6) is 5.75 Å². The van der Waals surface area contributed by atoms with Crippen LogP contribution in [-0.4, -0.2) is 32.8 Å². The summed E-state index contributed by atoms with van der Waals surface area (Å²) in [6.45, 7) is 2.28. The predicted molar refractivity (Wildman–Crippen MR) is 73.9 cm³/mol. The van der Waals surface area contributed by atoms with Crippen LogP contribution in [0.25, 0.3) is 0 Å². The monoisotopic (exact) mass is 283 g/mol. The van der Waals surface area contributed by atoms with Gasteiger partial charge in [0.1, 0.15) is 5.75 Å². The molecule has 2 rings (SSSR count). The SMILES string of the molecule is COc1ccc(Cl)cc1C(=O)NCCC1CCOC1. The van der Waals surface area contributed by atoms with Gasteiger partial charge >= 0.3 is 0 Å². The fourth-order valence-electron chi connectivity index (χ4n) is 2.15. The zero-order valence-corrected chi connectivity index (χ0v) is 11.7. The molecule has 1 atom stereocenters. The van der Waals surface area contributed by atoms with E-state index in [0.29, 0.717) is 28.8 Å². The van der Waals surface area contributed by atoms with Crippen LogP contribution in [0.4, 0.5) is 0 Å². The Labute approximate surface area is 118 Å². The van der Waals surface area contributed by atoms with E-state index in [1.54, 1.807) is 18.2 Å². The lowest BCUT2D eigenvalue weighted by atomic mass is 10.1. The normalized spacial score (nSPS) is 18.3. The minimum Gasteiger partial charge on any atom is -0.496 e. The molecule has 5 heteroatoms. The van der Waals surface area contributed by atoms with Gasteiger partial charge in [0.25, 0.3) is 5.91 Å². The van der Waals surface area contributed by atoms with Gasteiger partial charge in [0.15, 0.2) is 0 Å². The van der Waals surface area contributed by atoms with Crippen molar-refractivity contribution >= 4 is 17.5 Å². The summed E-state index contributed by atoms with van der Waals surface area (Å²) in [7, 11) is 1.54. The summed E-state index contributed by atoms with van der Waals surface area (Å²) in [6.07, 6.45) is 2.02. The lowest BCUT2D eigenvalue weighted by molar-refractivity contribution is 0.0947. The van der Waals surface area contributed by atoms with Gasteiger partial charge in [-0.3, -0.25) is 4.79 Å². The largest absolute Gasteiger partial charge is 0.496 e. The summed E-state index contributed by atoms with van der Waals surface area (Å²) in [5, 5.41) is 3.42. The number of rotatable bonds is 5. The molecule has 0 spiro atoms. The minimum absolute atomic E-state index is 0.154. The van der Waals surface area contributed by atoms with E-state index in [2.05, 4.69) is 5.32 Å². The smallest absolute Gasteiger partial charge is 0.255 e. The van der Waals surface area contributed by atoms with Crippen LogP contribution in [0.2, 0.25) is 5.02 Å². The van der Waals surface area contributed by atoms with Crippen LogP contribution in [0.3, 0.4) is 0 Å². The quantitative estimate of drug-likeness (QED) is 0.903. The maximum atomic E-state index is 12.1. The van der Waals surface area contributed by atoms with Crippen molar-refractivity contribution in [1.29, 1.82) is 0 Å². The molecule has 1 heterocycles. The number of hydrogen-bond donors (Lipinski definition) is 1. The second kappa shape index (κ2) is 6.78. The van der Waals surface area contributed by atoms with Crippen LogP contribution in [0, 0.1) is 5.92 Å². The van der Waals surface area contributed by atoms with Gasteiger partial charge in [-0.2, -0.15) is 0 Å². The summed E-state index contributed by atoms with van der Waals surface area (Å²) in [5.74, 6) is 0.936. The first-order chi connectivity index (χ1) is 9.20. The molecule has 1 N–H and O–H groups in total. The highest BCUT2D eigenvalue weighted by Crippen LogP contribution is 2.22. The number of nitrogens with one attached hydrogen (secondary N) is 1. The number of carbonyl (C=O) groups is 1. The Hall–Kier alpha value is -1.26. The molecule has 1 aliphatic rings. The fraction of sp³-hybridized carbons (Fsp3) is 0.500. The van der Waals surface area contributed by atoms with Crippen LogP contribution in [-0.2, 0) is 4.74 Å². The van der Waals surface area contributed by atoms with Crippen LogP contribution in [0.15, 0.2) is 18.2 Å². The third-order valence-electron chi connectivity index (χ3n) is 3.27. The molecule has 1 aromatic carbocycles. The van der Waals surface area contributed by atoms with Gasteiger partial charge in [0.05, 0.1) is 12.7 Å². The number of hydrogen-bond acceptors (Lipinski definition) is 3. The van der Waals surface area contributed by atoms with E-state index in [-0.39, 0.29) is 5.91 Å². The first-order valence-corrected chi connectivity index (χ1v) is 6.78. The molecule has 104 valence electrons. The molecule has 4 nitrogen and oxygen atoms in total. The second-order valence-electron chi connectivity index (χ2n) is 4.62. The zero-order chi connectivity index (χ0) is 13.7. The van der Waals surface area contributed by atoms with E-state index >= 15 is 0 Å². The molecule has 1 saturated heterocycles. The van der Waals surface area contributed by atoms with Gasteiger partial charge in [0, 0.05) is 24.8 Å². The Morgan fingerprint density at radius 1 is 1.58 bits per heavy atom. The van der Waals surface area contributed by atoms with Crippen LogP contribution in [0.1, 0.15) is 23.2 Å². The molecule has 1 aliphatic heterocycles. The Kier molecular flexibility index (Phi) is 5.05. The average Bonchev–Trinajstić information content (AvgIpc) is 2.91. The van der Waals surface area contributed by atoms with E-state index in [1.165, 1.54) is 7.11 Å². The summed E-state index contributed by atoms with van der Waals surface area (Å²) >= 11 is 5.90. The van der Waals surface area contributed by atoms with E-state index in [4.69, 9.17) is 21.1 Å². The van der Waals surface area contributed by atoms with E-state index in [9.17, 15) is 4.79 Å². The molecule has 19 heavy (non-hydrogen) atoms. The Balaban J connectivity index is 1.89. The van der Waals surface area contributed by atoms with Crippen molar-refractivity contribution in [3.63, 3.8) is 0 Å². The second-order valence-corrected chi connectivity index (χ2v) is 5.06. The third-order valence-corrected chi connectivity index (χ3v) is 3.50. The molecule has 1 aromatic rings. The highest BCUT2D eigenvalue weighted by atomic mass is 35.5.